The Bertz CT molecular complexity index is 570. The molecule has 0 saturated carbocycles. The van der Waals surface area contributed by atoms with Gasteiger partial charge in [-0.15, -0.1) is 0 Å². The van der Waals surface area contributed by atoms with Crippen LogP contribution < -0.4 is 10.2 Å². The van der Waals surface area contributed by atoms with Crippen LogP contribution in [0, 0.1) is 13.8 Å². The van der Waals surface area contributed by atoms with E-state index in [2.05, 4.69) is 80.5 Å². The fraction of sp³-hybridized carbons (Fsp3) is 0.368. The maximum absolute atomic E-state index is 3.49. The first-order valence-corrected chi connectivity index (χ1v) is 7.72. The van der Waals surface area contributed by atoms with Gasteiger partial charge < -0.3 is 10.2 Å². The molecule has 2 aromatic rings. The van der Waals surface area contributed by atoms with Crippen molar-refractivity contribution in [2.45, 2.75) is 33.7 Å². The van der Waals surface area contributed by atoms with Crippen LogP contribution in [0.5, 0.6) is 0 Å². The van der Waals surface area contributed by atoms with Gasteiger partial charge in [-0.05, 0) is 61.7 Å². The van der Waals surface area contributed by atoms with E-state index >= 15 is 0 Å². The number of hydrogen-bond acceptors (Lipinski definition) is 2. The van der Waals surface area contributed by atoms with Crippen LogP contribution in [0.3, 0.4) is 0 Å². The molecule has 2 rings (SSSR count). The Morgan fingerprint density at radius 1 is 1.00 bits per heavy atom. The van der Waals surface area contributed by atoms with Gasteiger partial charge in [0.1, 0.15) is 0 Å². The van der Waals surface area contributed by atoms with Gasteiger partial charge in [0, 0.05) is 25.0 Å². The van der Waals surface area contributed by atoms with Gasteiger partial charge in [-0.1, -0.05) is 31.2 Å². The van der Waals surface area contributed by atoms with Crippen LogP contribution in [0.4, 0.5) is 11.4 Å². The topological polar surface area (TPSA) is 15.3 Å². The maximum atomic E-state index is 3.49. The molecule has 0 aliphatic carbocycles. The van der Waals surface area contributed by atoms with E-state index < -0.39 is 0 Å². The van der Waals surface area contributed by atoms with Gasteiger partial charge in [-0.2, -0.15) is 0 Å². The molecule has 112 valence electrons. The van der Waals surface area contributed by atoms with Crippen molar-refractivity contribution >= 4 is 11.4 Å². The van der Waals surface area contributed by atoms with Crippen LogP contribution in [0.1, 0.15) is 30.0 Å². The van der Waals surface area contributed by atoms with Gasteiger partial charge in [-0.25, -0.2) is 0 Å². The Morgan fingerprint density at radius 3 is 2.33 bits per heavy atom. The van der Waals surface area contributed by atoms with Crippen LogP contribution in [-0.2, 0) is 6.54 Å². The minimum absolute atomic E-state index is 0.916. The molecule has 2 heteroatoms. The summed E-state index contributed by atoms with van der Waals surface area (Å²) in [7, 11) is 2.15. The van der Waals surface area contributed by atoms with Crippen LogP contribution in [-0.4, -0.2) is 13.6 Å². The van der Waals surface area contributed by atoms with Crippen molar-refractivity contribution in [2.24, 2.45) is 0 Å². The SMILES string of the molecule is CCCNCc1ccccc1N(C)c1cc(C)cc(C)c1. The summed E-state index contributed by atoms with van der Waals surface area (Å²) in [5, 5.41) is 3.49. The van der Waals surface area contributed by atoms with E-state index in [-0.39, 0.29) is 0 Å². The zero-order valence-corrected chi connectivity index (χ0v) is 13.6. The number of nitrogens with zero attached hydrogens (tertiary/aromatic N) is 1. The molecule has 0 aliphatic rings. The Balaban J connectivity index is 2.27. The number of rotatable bonds is 6. The highest BCUT2D eigenvalue weighted by molar-refractivity contribution is 5.66. The summed E-state index contributed by atoms with van der Waals surface area (Å²) in [5.74, 6) is 0. The molecule has 0 aromatic heterocycles. The largest absolute Gasteiger partial charge is 0.344 e. The smallest absolute Gasteiger partial charge is 0.0453 e. The molecule has 1 N–H and O–H groups in total. The predicted octanol–water partition coefficient (Wildman–Crippen LogP) is 4.57. The molecule has 0 bridgehead atoms. The van der Waals surface area contributed by atoms with Gasteiger partial charge in [0.15, 0.2) is 0 Å². The lowest BCUT2D eigenvalue weighted by Crippen LogP contribution is -2.18. The second-order valence-electron chi connectivity index (χ2n) is 5.71. The fourth-order valence-electron chi connectivity index (χ4n) is 2.67. The molecule has 2 aromatic carbocycles. The molecule has 0 fully saturated rings. The van der Waals surface area contributed by atoms with Crippen LogP contribution in [0.25, 0.3) is 0 Å². The molecular formula is C19H26N2. The minimum atomic E-state index is 0.916. The lowest BCUT2D eigenvalue weighted by Gasteiger charge is -2.24. The molecule has 21 heavy (non-hydrogen) atoms. The third-order valence-corrected chi connectivity index (χ3v) is 3.69. The summed E-state index contributed by atoms with van der Waals surface area (Å²) in [4.78, 5) is 2.28. The van der Waals surface area contributed by atoms with Gasteiger partial charge in [0.2, 0.25) is 0 Å². The third-order valence-electron chi connectivity index (χ3n) is 3.69. The van der Waals surface area contributed by atoms with Crippen molar-refractivity contribution in [1.29, 1.82) is 0 Å². The van der Waals surface area contributed by atoms with E-state index in [9.17, 15) is 0 Å². The number of benzene rings is 2. The quantitative estimate of drug-likeness (QED) is 0.781. The molecule has 0 unspecified atom stereocenters. The van der Waals surface area contributed by atoms with Gasteiger partial charge >= 0.3 is 0 Å². The summed E-state index contributed by atoms with van der Waals surface area (Å²) in [6.07, 6.45) is 1.16. The van der Waals surface area contributed by atoms with E-state index in [1.54, 1.807) is 0 Å². The highest BCUT2D eigenvalue weighted by Gasteiger charge is 2.09. The predicted molar refractivity (Wildman–Crippen MR) is 92.4 cm³/mol. The van der Waals surface area contributed by atoms with E-state index in [0.717, 1.165) is 19.5 Å². The Morgan fingerprint density at radius 2 is 1.67 bits per heavy atom. The molecule has 0 atom stereocenters. The minimum Gasteiger partial charge on any atom is -0.344 e. The van der Waals surface area contributed by atoms with Crippen LogP contribution in [0.15, 0.2) is 42.5 Å². The Labute approximate surface area is 128 Å². The second kappa shape index (κ2) is 7.28. The van der Waals surface area contributed by atoms with Gasteiger partial charge in [0.05, 0.1) is 0 Å². The molecule has 0 aliphatic heterocycles. The van der Waals surface area contributed by atoms with Crippen molar-refractivity contribution in [3.8, 4) is 0 Å². The highest BCUT2D eigenvalue weighted by Crippen LogP contribution is 2.28. The number of nitrogens with one attached hydrogen (secondary N) is 1. The molecule has 0 amide bonds. The van der Waals surface area contributed by atoms with Gasteiger partial charge in [-0.3, -0.25) is 0 Å². The van der Waals surface area contributed by atoms with Crippen molar-refractivity contribution < 1.29 is 0 Å². The van der Waals surface area contributed by atoms with Crippen molar-refractivity contribution in [3.63, 3.8) is 0 Å². The number of hydrogen-bond donors (Lipinski definition) is 1. The monoisotopic (exact) mass is 282 g/mol. The second-order valence-corrected chi connectivity index (χ2v) is 5.71. The average Bonchev–Trinajstić information content (AvgIpc) is 2.46. The number of aryl methyl sites for hydroxylation is 2. The first-order valence-electron chi connectivity index (χ1n) is 7.72. The number of para-hydroxylation sites is 1. The van der Waals surface area contributed by atoms with E-state index in [4.69, 9.17) is 0 Å². The average molecular weight is 282 g/mol. The van der Waals surface area contributed by atoms with E-state index in [0.29, 0.717) is 0 Å². The first kappa shape index (κ1) is 15.6. The molecule has 0 saturated heterocycles. The van der Waals surface area contributed by atoms with Gasteiger partial charge in [0.25, 0.3) is 0 Å². The standard InChI is InChI=1S/C19H26N2/c1-5-10-20-14-17-8-6-7-9-19(17)21(4)18-12-15(2)11-16(3)13-18/h6-9,11-13,20H,5,10,14H2,1-4H3. The summed E-state index contributed by atoms with van der Waals surface area (Å²) < 4.78 is 0. The lowest BCUT2D eigenvalue weighted by molar-refractivity contribution is 0.675. The maximum Gasteiger partial charge on any atom is 0.0453 e. The summed E-state index contributed by atoms with van der Waals surface area (Å²) in [6, 6.07) is 15.3. The molecule has 2 nitrogen and oxygen atoms in total. The normalized spacial score (nSPS) is 10.7. The van der Waals surface area contributed by atoms with Crippen molar-refractivity contribution in [1.82, 2.24) is 5.32 Å². The molecule has 0 heterocycles. The molecule has 0 radical (unpaired) electrons. The highest BCUT2D eigenvalue weighted by atomic mass is 15.1. The third kappa shape index (κ3) is 4.08. The fourth-order valence-corrected chi connectivity index (χ4v) is 2.67. The summed E-state index contributed by atoms with van der Waals surface area (Å²) in [6.45, 7) is 8.47. The van der Waals surface area contributed by atoms with E-state index in [1.165, 1.54) is 28.1 Å². The molecular weight excluding hydrogens is 256 g/mol. The van der Waals surface area contributed by atoms with Crippen LogP contribution >= 0.6 is 0 Å². The lowest BCUT2D eigenvalue weighted by atomic mass is 10.1. The zero-order chi connectivity index (χ0) is 15.2. The first-order chi connectivity index (χ1) is 10.1. The molecule has 0 spiro atoms. The summed E-state index contributed by atoms with van der Waals surface area (Å²) in [5.41, 5.74) is 6.46. The Hall–Kier alpha value is -1.80. The zero-order valence-electron chi connectivity index (χ0n) is 13.6. The van der Waals surface area contributed by atoms with Crippen molar-refractivity contribution in [3.05, 3.63) is 59.2 Å². The van der Waals surface area contributed by atoms with E-state index in [1.807, 2.05) is 0 Å². The summed E-state index contributed by atoms with van der Waals surface area (Å²) >= 11 is 0. The Kier molecular flexibility index (Phi) is 5.40. The van der Waals surface area contributed by atoms with Crippen molar-refractivity contribution in [2.75, 3.05) is 18.5 Å². The van der Waals surface area contributed by atoms with Crippen LogP contribution in [0.2, 0.25) is 0 Å². The number of anilines is 2.